The van der Waals surface area contributed by atoms with E-state index >= 15 is 0 Å². The number of unbranched alkanes of at least 4 members (excludes halogenated alkanes) is 1. The number of aliphatic carboxylic acids is 1. The number of rotatable bonds is 16. The van der Waals surface area contributed by atoms with E-state index in [1.807, 2.05) is 30.3 Å². The zero-order chi connectivity index (χ0) is 31.4. The van der Waals surface area contributed by atoms with E-state index < -0.39 is 23.6 Å². The number of carboxylic acid groups (broad SMARTS) is 1. The van der Waals surface area contributed by atoms with Crippen molar-refractivity contribution in [2.24, 2.45) is 0 Å². The van der Waals surface area contributed by atoms with Crippen LogP contribution in [-0.4, -0.2) is 69.8 Å². The number of nitrogens with one attached hydrogen (secondary N) is 2. The molecule has 2 aromatic heterocycles. The van der Waals surface area contributed by atoms with Crippen molar-refractivity contribution in [3.8, 4) is 17.0 Å². The van der Waals surface area contributed by atoms with E-state index in [1.54, 1.807) is 6.07 Å². The number of aromatic nitrogens is 3. The number of carbonyl (C=O) groups is 1. The van der Waals surface area contributed by atoms with Crippen molar-refractivity contribution in [3.05, 3.63) is 95.9 Å². The Morgan fingerprint density at radius 1 is 1.00 bits per heavy atom. The Kier molecular flexibility index (Phi) is 11.2. The van der Waals surface area contributed by atoms with Crippen molar-refractivity contribution in [2.75, 3.05) is 43.4 Å². The number of pyridine rings is 1. The summed E-state index contributed by atoms with van der Waals surface area (Å²) in [5.74, 6) is -0.882. The van der Waals surface area contributed by atoms with Gasteiger partial charge in [-0.25, -0.2) is 28.5 Å². The average Bonchev–Trinajstić information content (AvgIpc) is 3.04. The van der Waals surface area contributed by atoms with Crippen molar-refractivity contribution < 1.29 is 23.4 Å². The van der Waals surface area contributed by atoms with E-state index in [-0.39, 0.29) is 12.4 Å². The monoisotopic (exact) mass is 616 g/mol. The Labute approximate surface area is 261 Å². The minimum absolute atomic E-state index is 0.114. The van der Waals surface area contributed by atoms with Crippen molar-refractivity contribution in [2.45, 2.75) is 44.6 Å². The number of hydrogen-bond acceptors (Lipinski definition) is 8. The molecule has 1 atom stereocenters. The first-order valence-corrected chi connectivity index (χ1v) is 15.3. The second-order valence-electron chi connectivity index (χ2n) is 11.1. The molecule has 1 aliphatic rings. The lowest BCUT2D eigenvalue weighted by Gasteiger charge is -2.25. The third-order valence-corrected chi connectivity index (χ3v) is 7.71. The molecule has 0 saturated carbocycles. The number of fused-ring (bicyclic) bond motifs is 1. The summed E-state index contributed by atoms with van der Waals surface area (Å²) in [6.07, 6.45) is 6.47. The third kappa shape index (κ3) is 9.67. The van der Waals surface area contributed by atoms with Crippen molar-refractivity contribution in [1.82, 2.24) is 19.9 Å². The Morgan fingerprint density at radius 3 is 2.62 bits per heavy atom. The predicted molar refractivity (Wildman–Crippen MR) is 169 cm³/mol. The lowest BCUT2D eigenvalue weighted by molar-refractivity contribution is -0.138. The van der Waals surface area contributed by atoms with E-state index in [0.717, 1.165) is 73.9 Å². The number of halogens is 2. The number of hydrogen-bond donors (Lipinski definition) is 3. The first-order valence-electron chi connectivity index (χ1n) is 15.3. The fraction of sp³-hybridized carbons (Fsp3) is 0.353. The number of ether oxygens (including phenoxy) is 1. The summed E-state index contributed by atoms with van der Waals surface area (Å²) in [4.78, 5) is 27.7. The topological polar surface area (TPSA) is 112 Å². The summed E-state index contributed by atoms with van der Waals surface area (Å²) in [5.41, 5.74) is 3.89. The van der Waals surface area contributed by atoms with Crippen LogP contribution in [0.25, 0.3) is 11.3 Å². The van der Waals surface area contributed by atoms with Crippen LogP contribution in [0.2, 0.25) is 0 Å². The maximum atomic E-state index is 13.6. The molecule has 0 radical (unpaired) electrons. The molecule has 1 aliphatic heterocycles. The van der Waals surface area contributed by atoms with E-state index in [4.69, 9.17) is 9.72 Å². The highest BCUT2D eigenvalue weighted by atomic mass is 19.1. The van der Waals surface area contributed by atoms with Gasteiger partial charge in [-0.15, -0.1) is 0 Å². The Bertz CT molecular complexity index is 1540. The summed E-state index contributed by atoms with van der Waals surface area (Å²) in [7, 11) is 0. The van der Waals surface area contributed by atoms with Crippen LogP contribution >= 0.6 is 0 Å². The normalized spacial score (nSPS) is 13.1. The fourth-order valence-corrected chi connectivity index (χ4v) is 5.34. The molecule has 236 valence electrons. The van der Waals surface area contributed by atoms with Gasteiger partial charge in [0.15, 0.2) is 0 Å². The van der Waals surface area contributed by atoms with E-state index in [0.29, 0.717) is 37.6 Å². The summed E-state index contributed by atoms with van der Waals surface area (Å²) in [6.45, 7) is 2.75. The lowest BCUT2D eigenvalue weighted by atomic mass is 10.1. The van der Waals surface area contributed by atoms with Crippen molar-refractivity contribution in [1.29, 1.82) is 0 Å². The Hall–Kier alpha value is -4.64. The molecule has 4 aromatic rings. The average molecular weight is 617 g/mol. The molecule has 3 N–H and O–H groups in total. The molecule has 2 aromatic carbocycles. The van der Waals surface area contributed by atoms with Gasteiger partial charge >= 0.3 is 5.97 Å². The van der Waals surface area contributed by atoms with Gasteiger partial charge in [0.05, 0.1) is 5.69 Å². The van der Waals surface area contributed by atoms with Gasteiger partial charge in [0, 0.05) is 55.2 Å². The largest absolute Gasteiger partial charge is 0.492 e. The van der Waals surface area contributed by atoms with Crippen LogP contribution < -0.4 is 15.4 Å². The zero-order valence-electron chi connectivity index (χ0n) is 25.1. The van der Waals surface area contributed by atoms with Crippen LogP contribution in [0.5, 0.6) is 5.75 Å². The van der Waals surface area contributed by atoms with Gasteiger partial charge in [-0.05, 0) is 56.7 Å². The number of aryl methyl sites for hydroxylation is 2. The molecule has 3 heterocycles. The predicted octanol–water partition coefficient (Wildman–Crippen LogP) is 5.83. The summed E-state index contributed by atoms with van der Waals surface area (Å²) in [5, 5.41) is 16.4. The SMILES string of the molecule is O=C(O)C(CCN(CCCCc1ccc2c(n1)NCCC2)CCOc1cc(F)cc(F)c1)Nc1cc(-c2ccccc2)ncn1. The maximum Gasteiger partial charge on any atom is 0.326 e. The fourth-order valence-electron chi connectivity index (χ4n) is 5.34. The number of carboxylic acids is 1. The van der Waals surface area contributed by atoms with Crippen LogP contribution in [0, 0.1) is 11.6 Å². The molecular formula is C34H38F2N6O3. The summed E-state index contributed by atoms with van der Waals surface area (Å²) in [6, 6.07) is 17.8. The number of nitrogens with zero attached hydrogens (tertiary/aromatic N) is 4. The molecule has 0 saturated heterocycles. The first-order chi connectivity index (χ1) is 21.9. The summed E-state index contributed by atoms with van der Waals surface area (Å²) >= 11 is 0. The smallest absolute Gasteiger partial charge is 0.326 e. The standard InChI is InChI=1S/C34H38F2N6O3/c35-26-19-27(36)21-29(20-26)45-18-17-42(15-5-4-10-28-12-11-25-9-6-14-37-33(25)40-28)16-13-30(34(43)44)41-32-22-31(38-23-39-32)24-7-2-1-3-8-24/h1-3,7-8,11-12,19-23,30H,4-6,9-10,13-18H2,(H,37,40)(H,43,44)(H,38,39,41). The molecule has 11 heteroatoms. The lowest BCUT2D eigenvalue weighted by Crippen LogP contribution is -2.37. The maximum absolute atomic E-state index is 13.6. The van der Waals surface area contributed by atoms with Crippen LogP contribution in [0.4, 0.5) is 20.4 Å². The van der Waals surface area contributed by atoms with Gasteiger partial charge in [-0.1, -0.05) is 36.4 Å². The minimum atomic E-state index is -0.992. The third-order valence-electron chi connectivity index (χ3n) is 7.71. The van der Waals surface area contributed by atoms with Crippen LogP contribution in [-0.2, 0) is 17.6 Å². The molecule has 0 bridgehead atoms. The van der Waals surface area contributed by atoms with Crippen LogP contribution in [0.15, 0.2) is 73.1 Å². The zero-order valence-corrected chi connectivity index (χ0v) is 25.1. The highest BCUT2D eigenvalue weighted by Gasteiger charge is 2.20. The van der Waals surface area contributed by atoms with Gasteiger partial charge < -0.3 is 20.5 Å². The van der Waals surface area contributed by atoms with Crippen LogP contribution in [0.3, 0.4) is 0 Å². The van der Waals surface area contributed by atoms with Gasteiger partial charge in [0.2, 0.25) is 0 Å². The van der Waals surface area contributed by atoms with Gasteiger partial charge in [-0.3, -0.25) is 4.90 Å². The molecule has 9 nitrogen and oxygen atoms in total. The Balaban J connectivity index is 1.18. The van der Waals surface area contributed by atoms with Gasteiger partial charge in [0.25, 0.3) is 0 Å². The number of benzene rings is 2. The molecule has 45 heavy (non-hydrogen) atoms. The van der Waals surface area contributed by atoms with Gasteiger partial charge in [-0.2, -0.15) is 0 Å². The van der Waals surface area contributed by atoms with E-state index in [9.17, 15) is 18.7 Å². The quantitative estimate of drug-likeness (QED) is 0.134. The van der Waals surface area contributed by atoms with Crippen LogP contribution in [0.1, 0.15) is 36.9 Å². The highest BCUT2D eigenvalue weighted by molar-refractivity contribution is 5.77. The molecule has 0 amide bonds. The molecule has 1 unspecified atom stereocenters. The van der Waals surface area contributed by atoms with Crippen molar-refractivity contribution in [3.63, 3.8) is 0 Å². The van der Waals surface area contributed by atoms with Crippen molar-refractivity contribution >= 4 is 17.6 Å². The second-order valence-corrected chi connectivity index (χ2v) is 11.1. The van der Waals surface area contributed by atoms with E-state index in [1.165, 1.54) is 11.9 Å². The number of anilines is 2. The highest BCUT2D eigenvalue weighted by Crippen LogP contribution is 2.21. The summed E-state index contributed by atoms with van der Waals surface area (Å²) < 4.78 is 32.9. The molecule has 0 spiro atoms. The molecule has 0 fully saturated rings. The van der Waals surface area contributed by atoms with E-state index in [2.05, 4.69) is 37.6 Å². The second kappa shape index (κ2) is 15.9. The molecule has 0 aliphatic carbocycles. The Morgan fingerprint density at radius 2 is 1.82 bits per heavy atom. The van der Waals surface area contributed by atoms with Gasteiger partial charge in [0.1, 0.15) is 48.0 Å². The molecule has 5 rings (SSSR count). The first kappa shape index (κ1) is 31.8. The molecular weight excluding hydrogens is 578 g/mol. The minimum Gasteiger partial charge on any atom is -0.492 e.